The van der Waals surface area contributed by atoms with E-state index in [1.165, 1.54) is 0 Å². The maximum atomic E-state index is 11.0. The Balaban J connectivity index is 3.01. The summed E-state index contributed by atoms with van der Waals surface area (Å²) in [6.07, 6.45) is 2.74. The molecule has 0 atom stereocenters. The Morgan fingerprint density at radius 1 is 1.42 bits per heavy atom. The topological polar surface area (TPSA) is 47.8 Å². The molecular weight excluding hydrogens is 178 g/mol. The van der Waals surface area contributed by atoms with Crippen molar-refractivity contribution < 1.29 is 0 Å². The molecule has 0 amide bonds. The number of rotatable bonds is 0. The van der Waals surface area contributed by atoms with E-state index >= 15 is 0 Å². The molecule has 2 aromatic heterocycles. The molecule has 2 heterocycles. The number of halogens is 1. The van der Waals surface area contributed by atoms with Crippen molar-refractivity contribution in [3.05, 3.63) is 34.9 Å². The highest BCUT2D eigenvalue weighted by Gasteiger charge is 2.00. The summed E-state index contributed by atoms with van der Waals surface area (Å²) in [6.45, 7) is 0. The van der Waals surface area contributed by atoms with Crippen LogP contribution in [0.4, 0.5) is 0 Å². The molecule has 0 radical (unpaired) electrons. The first kappa shape index (κ1) is 7.24. The third-order valence-corrected chi connectivity index (χ3v) is 1.82. The molecule has 5 heteroatoms. The quantitative estimate of drug-likeness (QED) is 0.604. The van der Waals surface area contributed by atoms with Gasteiger partial charge in [0.15, 0.2) is 5.65 Å². The molecule has 2 aromatic rings. The van der Waals surface area contributed by atoms with E-state index in [4.69, 9.17) is 11.8 Å². The number of fused-ring (bicyclic) bond motifs is 1. The molecule has 0 fully saturated rings. The van der Waals surface area contributed by atoms with Crippen LogP contribution in [0.3, 0.4) is 0 Å². The van der Waals surface area contributed by atoms with E-state index in [0.717, 1.165) is 10.3 Å². The lowest BCUT2D eigenvalue weighted by molar-refractivity contribution is 1.11. The molecule has 0 aromatic carbocycles. The number of hydrogen-bond donors (Lipinski definition) is 0. The Hall–Kier alpha value is -1.42. The SMILES string of the molecule is O=c1cnc2ncccc2n1Cl. The van der Waals surface area contributed by atoms with Gasteiger partial charge in [0.2, 0.25) is 0 Å². The minimum Gasteiger partial charge on any atom is -0.266 e. The summed E-state index contributed by atoms with van der Waals surface area (Å²) in [6, 6.07) is 3.38. The van der Waals surface area contributed by atoms with Gasteiger partial charge in [-0.3, -0.25) is 4.79 Å². The Morgan fingerprint density at radius 3 is 3.08 bits per heavy atom. The highest BCUT2D eigenvalue weighted by atomic mass is 35.5. The van der Waals surface area contributed by atoms with Crippen molar-refractivity contribution in [3.8, 4) is 0 Å². The van der Waals surface area contributed by atoms with E-state index in [9.17, 15) is 4.79 Å². The van der Waals surface area contributed by atoms with Crippen molar-refractivity contribution in [2.45, 2.75) is 0 Å². The molecule has 0 aliphatic heterocycles. The van der Waals surface area contributed by atoms with Crippen LogP contribution in [0.25, 0.3) is 11.2 Å². The molecule has 0 unspecified atom stereocenters. The van der Waals surface area contributed by atoms with Crippen molar-refractivity contribution >= 4 is 22.9 Å². The molecular formula is C7H4ClN3O. The zero-order valence-electron chi connectivity index (χ0n) is 5.94. The fraction of sp³-hybridized carbons (Fsp3) is 0. The van der Waals surface area contributed by atoms with Crippen LogP contribution < -0.4 is 5.56 Å². The summed E-state index contributed by atoms with van der Waals surface area (Å²) in [7, 11) is 0. The Kier molecular flexibility index (Phi) is 1.55. The molecule has 0 bridgehead atoms. The van der Waals surface area contributed by atoms with E-state index in [1.54, 1.807) is 18.3 Å². The maximum Gasteiger partial charge on any atom is 0.284 e. The number of pyridine rings is 1. The van der Waals surface area contributed by atoms with Gasteiger partial charge in [0.25, 0.3) is 5.56 Å². The van der Waals surface area contributed by atoms with Crippen LogP contribution >= 0.6 is 11.8 Å². The summed E-state index contributed by atoms with van der Waals surface area (Å²) in [4.78, 5) is 18.7. The first-order valence-corrected chi connectivity index (χ1v) is 3.62. The molecule has 0 saturated carbocycles. The second kappa shape index (κ2) is 2.57. The van der Waals surface area contributed by atoms with Gasteiger partial charge in [-0.2, -0.15) is 0 Å². The van der Waals surface area contributed by atoms with Gasteiger partial charge in [-0.25, -0.2) is 14.1 Å². The molecule has 0 N–H and O–H groups in total. The summed E-state index contributed by atoms with van der Waals surface area (Å²) < 4.78 is 0.995. The van der Waals surface area contributed by atoms with Crippen molar-refractivity contribution in [2.75, 3.05) is 0 Å². The lowest BCUT2D eigenvalue weighted by Gasteiger charge is -1.97. The Bertz CT molecular complexity index is 479. The van der Waals surface area contributed by atoms with Gasteiger partial charge in [-0.1, -0.05) is 0 Å². The van der Waals surface area contributed by atoms with E-state index in [2.05, 4.69) is 9.97 Å². The van der Waals surface area contributed by atoms with E-state index in [0.29, 0.717) is 11.2 Å². The number of aromatic nitrogens is 3. The van der Waals surface area contributed by atoms with E-state index in [1.807, 2.05) is 0 Å². The van der Waals surface area contributed by atoms with Crippen LogP contribution in [-0.4, -0.2) is 14.1 Å². The first-order chi connectivity index (χ1) is 5.79. The van der Waals surface area contributed by atoms with Gasteiger partial charge in [0.1, 0.15) is 5.52 Å². The van der Waals surface area contributed by atoms with Crippen molar-refractivity contribution in [1.29, 1.82) is 0 Å². The molecule has 4 nitrogen and oxygen atoms in total. The molecule has 2 rings (SSSR count). The predicted molar refractivity (Wildman–Crippen MR) is 45.0 cm³/mol. The Labute approximate surface area is 72.6 Å². The fourth-order valence-corrected chi connectivity index (χ4v) is 1.10. The largest absolute Gasteiger partial charge is 0.284 e. The number of hydrogen-bond acceptors (Lipinski definition) is 3. The summed E-state index contributed by atoms with van der Waals surface area (Å²) in [5.41, 5.74) is 0.635. The van der Waals surface area contributed by atoms with Gasteiger partial charge in [-0.05, 0) is 12.1 Å². The molecule has 0 saturated heterocycles. The summed E-state index contributed by atoms with van der Waals surface area (Å²) in [5, 5.41) is 0. The van der Waals surface area contributed by atoms with Crippen LogP contribution in [0.2, 0.25) is 0 Å². The summed E-state index contributed by atoms with van der Waals surface area (Å²) in [5.74, 6) is 0. The Morgan fingerprint density at radius 2 is 2.25 bits per heavy atom. The number of nitrogens with zero attached hydrogens (tertiary/aromatic N) is 3. The highest BCUT2D eigenvalue weighted by Crippen LogP contribution is 2.04. The molecule has 0 aliphatic rings. The molecule has 12 heavy (non-hydrogen) atoms. The molecule has 60 valence electrons. The van der Waals surface area contributed by atoms with Crippen molar-refractivity contribution in [2.24, 2.45) is 0 Å². The van der Waals surface area contributed by atoms with Crippen molar-refractivity contribution in [1.82, 2.24) is 14.1 Å². The highest BCUT2D eigenvalue weighted by molar-refractivity contribution is 6.18. The first-order valence-electron chi connectivity index (χ1n) is 3.28. The maximum absolute atomic E-state index is 11.0. The zero-order valence-corrected chi connectivity index (χ0v) is 6.69. The van der Waals surface area contributed by atoms with Crippen molar-refractivity contribution in [3.63, 3.8) is 0 Å². The van der Waals surface area contributed by atoms with Crippen LogP contribution in [0, 0.1) is 0 Å². The lowest BCUT2D eigenvalue weighted by atomic mass is 10.4. The normalized spacial score (nSPS) is 10.4. The van der Waals surface area contributed by atoms with Crippen LogP contribution in [0.1, 0.15) is 0 Å². The van der Waals surface area contributed by atoms with Gasteiger partial charge in [-0.15, -0.1) is 0 Å². The minimum atomic E-state index is -0.350. The van der Waals surface area contributed by atoms with Gasteiger partial charge >= 0.3 is 0 Å². The third-order valence-electron chi connectivity index (χ3n) is 1.47. The third kappa shape index (κ3) is 0.967. The second-order valence-electron chi connectivity index (χ2n) is 2.22. The average molecular weight is 182 g/mol. The van der Waals surface area contributed by atoms with E-state index in [-0.39, 0.29) is 5.56 Å². The van der Waals surface area contributed by atoms with Crippen LogP contribution in [0.5, 0.6) is 0 Å². The van der Waals surface area contributed by atoms with Gasteiger partial charge < -0.3 is 0 Å². The monoisotopic (exact) mass is 181 g/mol. The lowest BCUT2D eigenvalue weighted by Crippen LogP contribution is -2.12. The average Bonchev–Trinajstić information content (AvgIpc) is 2.12. The fourth-order valence-electron chi connectivity index (χ4n) is 0.927. The molecule has 0 aliphatic carbocycles. The smallest absolute Gasteiger partial charge is 0.266 e. The minimum absolute atomic E-state index is 0.350. The van der Waals surface area contributed by atoms with Crippen LogP contribution in [-0.2, 0) is 0 Å². The summed E-state index contributed by atoms with van der Waals surface area (Å²) >= 11 is 5.65. The van der Waals surface area contributed by atoms with Crippen LogP contribution in [0.15, 0.2) is 29.3 Å². The molecule has 0 spiro atoms. The predicted octanol–water partition coefficient (Wildman–Crippen LogP) is 0.793. The standard InChI is InChI=1S/C7H4ClN3O/c8-11-5-2-1-3-9-7(5)10-4-6(11)12/h1-4H. The van der Waals surface area contributed by atoms with Gasteiger partial charge in [0.05, 0.1) is 6.20 Å². The second-order valence-corrected chi connectivity index (χ2v) is 2.56. The van der Waals surface area contributed by atoms with Gasteiger partial charge in [0, 0.05) is 18.0 Å². The van der Waals surface area contributed by atoms with E-state index < -0.39 is 0 Å². The zero-order chi connectivity index (χ0) is 8.55.